The molecule has 0 spiro atoms. The first-order valence-corrected chi connectivity index (χ1v) is 8.80. The van der Waals surface area contributed by atoms with Gasteiger partial charge in [0.1, 0.15) is 0 Å². The number of hydrogen-bond acceptors (Lipinski definition) is 4. The molecule has 2 aliphatic rings. The first-order chi connectivity index (χ1) is 9.70. The van der Waals surface area contributed by atoms with Crippen molar-refractivity contribution in [3.8, 4) is 0 Å². The average molecular weight is 293 g/mol. The molecule has 1 aromatic heterocycles. The van der Waals surface area contributed by atoms with E-state index < -0.39 is 0 Å². The fourth-order valence-corrected chi connectivity index (χ4v) is 3.80. The Morgan fingerprint density at radius 3 is 2.50 bits per heavy atom. The van der Waals surface area contributed by atoms with Crippen molar-refractivity contribution in [3.05, 3.63) is 21.9 Å². The van der Waals surface area contributed by atoms with E-state index in [1.165, 1.54) is 48.8 Å². The van der Waals surface area contributed by atoms with Crippen LogP contribution in [0.2, 0.25) is 0 Å². The quantitative estimate of drug-likeness (QED) is 0.869. The van der Waals surface area contributed by atoms with Crippen LogP contribution in [-0.4, -0.2) is 48.1 Å². The third-order valence-corrected chi connectivity index (χ3v) is 5.45. The van der Waals surface area contributed by atoms with Gasteiger partial charge in [-0.15, -0.1) is 11.3 Å². The fraction of sp³-hybridized carbons (Fsp3) is 0.750. The highest BCUT2D eigenvalue weighted by atomic mass is 32.1. The van der Waals surface area contributed by atoms with Gasteiger partial charge in [-0.1, -0.05) is 0 Å². The van der Waals surface area contributed by atoms with E-state index >= 15 is 0 Å². The summed E-state index contributed by atoms with van der Waals surface area (Å²) in [6.45, 7) is 11.7. The van der Waals surface area contributed by atoms with Crippen molar-refractivity contribution in [1.29, 1.82) is 0 Å². The van der Waals surface area contributed by atoms with E-state index in [-0.39, 0.29) is 0 Å². The zero-order valence-corrected chi connectivity index (χ0v) is 13.6. The Hall–Kier alpha value is -0.420. The minimum Gasteiger partial charge on any atom is -0.309 e. The highest BCUT2D eigenvalue weighted by molar-refractivity contribution is 7.11. The van der Waals surface area contributed by atoms with Crippen LogP contribution in [0.1, 0.15) is 36.4 Å². The van der Waals surface area contributed by atoms with Crippen molar-refractivity contribution >= 4 is 11.3 Å². The lowest BCUT2D eigenvalue weighted by Crippen LogP contribution is -2.48. The van der Waals surface area contributed by atoms with Crippen molar-refractivity contribution in [2.24, 2.45) is 0 Å². The Labute approximate surface area is 127 Å². The van der Waals surface area contributed by atoms with Crippen LogP contribution in [0.15, 0.2) is 12.1 Å². The molecule has 1 aliphatic carbocycles. The topological polar surface area (TPSA) is 18.5 Å². The summed E-state index contributed by atoms with van der Waals surface area (Å²) in [6.07, 6.45) is 2.75. The Bertz CT molecular complexity index is 417. The van der Waals surface area contributed by atoms with Crippen LogP contribution >= 0.6 is 11.3 Å². The normalized spacial score (nSPS) is 21.8. The molecule has 3 rings (SSSR count). The van der Waals surface area contributed by atoms with E-state index in [9.17, 15) is 0 Å². The lowest BCUT2D eigenvalue weighted by atomic mass is 10.2. The van der Waals surface area contributed by atoms with E-state index in [1.54, 1.807) is 0 Å². The highest BCUT2D eigenvalue weighted by Crippen LogP contribution is 2.22. The molecule has 2 fully saturated rings. The molecule has 112 valence electrons. The molecule has 0 bridgehead atoms. The van der Waals surface area contributed by atoms with Gasteiger partial charge < -0.3 is 5.32 Å². The Kier molecular flexibility index (Phi) is 4.76. The summed E-state index contributed by atoms with van der Waals surface area (Å²) < 4.78 is 0. The predicted octanol–water partition coefficient (Wildman–Crippen LogP) is 2.53. The predicted molar refractivity (Wildman–Crippen MR) is 86.2 cm³/mol. The molecule has 1 N–H and O–H groups in total. The first kappa shape index (κ1) is 14.5. The number of thiophene rings is 1. The van der Waals surface area contributed by atoms with Gasteiger partial charge in [-0.2, -0.15) is 0 Å². The molecular formula is C16H27N3S. The third-order valence-electron chi connectivity index (χ3n) is 4.38. The SMILES string of the molecule is CC(C)N1CCN(Cc2ccc(CNC3CC3)s2)CC1. The summed E-state index contributed by atoms with van der Waals surface area (Å²) in [5.74, 6) is 0. The van der Waals surface area contributed by atoms with Crippen molar-refractivity contribution in [3.63, 3.8) is 0 Å². The standard InChI is InChI=1S/C16H27N3S/c1-13(2)19-9-7-18(8-10-19)12-16-6-5-15(20-16)11-17-14-3-4-14/h5-6,13-14,17H,3-4,7-12H2,1-2H3. The molecule has 4 heteroatoms. The molecule has 0 atom stereocenters. The largest absolute Gasteiger partial charge is 0.309 e. The van der Waals surface area contributed by atoms with Crippen molar-refractivity contribution < 1.29 is 0 Å². The number of hydrogen-bond donors (Lipinski definition) is 1. The molecule has 3 nitrogen and oxygen atoms in total. The monoisotopic (exact) mass is 293 g/mol. The van der Waals surface area contributed by atoms with Gasteiger partial charge in [-0.3, -0.25) is 9.80 Å². The van der Waals surface area contributed by atoms with E-state index in [4.69, 9.17) is 0 Å². The molecule has 0 amide bonds. The number of rotatable bonds is 6. The van der Waals surface area contributed by atoms with Gasteiger partial charge in [0.25, 0.3) is 0 Å². The maximum Gasteiger partial charge on any atom is 0.0329 e. The second-order valence-electron chi connectivity index (χ2n) is 6.43. The van der Waals surface area contributed by atoms with Crippen molar-refractivity contribution in [2.75, 3.05) is 26.2 Å². The van der Waals surface area contributed by atoms with Gasteiger partial charge in [0.2, 0.25) is 0 Å². The second-order valence-corrected chi connectivity index (χ2v) is 7.68. The Morgan fingerprint density at radius 2 is 1.85 bits per heavy atom. The zero-order valence-electron chi connectivity index (χ0n) is 12.8. The smallest absolute Gasteiger partial charge is 0.0329 e. The third kappa shape index (κ3) is 4.04. The molecule has 0 radical (unpaired) electrons. The molecule has 0 aromatic carbocycles. The van der Waals surface area contributed by atoms with E-state index in [0.29, 0.717) is 6.04 Å². The average Bonchev–Trinajstić information content (AvgIpc) is 3.17. The molecule has 20 heavy (non-hydrogen) atoms. The van der Waals surface area contributed by atoms with Gasteiger partial charge in [0.05, 0.1) is 0 Å². The second kappa shape index (κ2) is 6.56. The van der Waals surface area contributed by atoms with Gasteiger partial charge in [-0.25, -0.2) is 0 Å². The maximum atomic E-state index is 3.60. The Morgan fingerprint density at radius 1 is 1.15 bits per heavy atom. The first-order valence-electron chi connectivity index (χ1n) is 7.98. The molecule has 1 saturated heterocycles. The lowest BCUT2D eigenvalue weighted by molar-refractivity contribution is 0.105. The van der Waals surface area contributed by atoms with Crippen LogP contribution in [-0.2, 0) is 13.1 Å². The minimum atomic E-state index is 0.694. The van der Waals surface area contributed by atoms with Crippen LogP contribution < -0.4 is 5.32 Å². The highest BCUT2D eigenvalue weighted by Gasteiger charge is 2.21. The summed E-state index contributed by atoms with van der Waals surface area (Å²) in [7, 11) is 0. The van der Waals surface area contributed by atoms with Crippen LogP contribution in [0.4, 0.5) is 0 Å². The summed E-state index contributed by atoms with van der Waals surface area (Å²) in [5.41, 5.74) is 0. The van der Waals surface area contributed by atoms with Gasteiger partial charge in [-0.05, 0) is 38.8 Å². The maximum absolute atomic E-state index is 3.60. The summed E-state index contributed by atoms with van der Waals surface area (Å²) >= 11 is 1.99. The molecule has 1 aliphatic heterocycles. The number of piperazine rings is 1. The van der Waals surface area contributed by atoms with Crippen LogP contribution in [0, 0.1) is 0 Å². The number of nitrogens with one attached hydrogen (secondary N) is 1. The fourth-order valence-electron chi connectivity index (χ4n) is 2.79. The summed E-state index contributed by atoms with van der Waals surface area (Å²) in [4.78, 5) is 8.20. The van der Waals surface area contributed by atoms with E-state index in [2.05, 4.69) is 41.1 Å². The zero-order chi connectivity index (χ0) is 13.9. The Balaban J connectivity index is 1.43. The van der Waals surface area contributed by atoms with Crippen LogP contribution in [0.25, 0.3) is 0 Å². The molecule has 2 heterocycles. The van der Waals surface area contributed by atoms with E-state index in [0.717, 1.165) is 19.1 Å². The van der Waals surface area contributed by atoms with E-state index in [1.807, 2.05) is 11.3 Å². The summed E-state index contributed by atoms with van der Waals surface area (Å²) in [5, 5.41) is 3.60. The van der Waals surface area contributed by atoms with Gasteiger partial charge >= 0.3 is 0 Å². The molecule has 1 aromatic rings. The van der Waals surface area contributed by atoms with Crippen LogP contribution in [0.3, 0.4) is 0 Å². The number of nitrogens with zero attached hydrogens (tertiary/aromatic N) is 2. The lowest BCUT2D eigenvalue weighted by Gasteiger charge is -2.36. The summed E-state index contributed by atoms with van der Waals surface area (Å²) in [6, 6.07) is 6.13. The minimum absolute atomic E-state index is 0.694. The van der Waals surface area contributed by atoms with Crippen LogP contribution in [0.5, 0.6) is 0 Å². The molecule has 1 saturated carbocycles. The van der Waals surface area contributed by atoms with Gasteiger partial charge in [0, 0.05) is 61.1 Å². The van der Waals surface area contributed by atoms with Gasteiger partial charge in [0.15, 0.2) is 0 Å². The van der Waals surface area contributed by atoms with Crippen molar-refractivity contribution in [1.82, 2.24) is 15.1 Å². The molecular weight excluding hydrogens is 266 g/mol. The van der Waals surface area contributed by atoms with Crippen molar-refractivity contribution in [2.45, 2.75) is 51.9 Å². The molecule has 0 unspecified atom stereocenters.